The van der Waals surface area contributed by atoms with Crippen molar-refractivity contribution in [3.8, 4) is 0 Å². The summed E-state index contributed by atoms with van der Waals surface area (Å²) in [4.78, 5) is 14.8. The van der Waals surface area contributed by atoms with E-state index in [1.807, 2.05) is 25.8 Å². The maximum Gasteiger partial charge on any atom is 0.257 e. The summed E-state index contributed by atoms with van der Waals surface area (Å²) in [5, 5.41) is 7.69. The van der Waals surface area contributed by atoms with Crippen LogP contribution in [0.1, 0.15) is 41.5 Å². The summed E-state index contributed by atoms with van der Waals surface area (Å²) >= 11 is 0. The second kappa shape index (κ2) is 7.09. The standard InChI is InChI=1S/C14H24N4O.ClH/c1-5-8-18(12-6-7-15-9-12)14(19)13-10(2)16-17(4)11(13)3;/h12,15H,5-9H2,1-4H3;1H. The molecule has 1 aliphatic heterocycles. The number of hydrogen-bond donors (Lipinski definition) is 1. The van der Waals surface area contributed by atoms with Crippen molar-refractivity contribution >= 4 is 18.3 Å². The Hall–Kier alpha value is -1.07. The molecular weight excluding hydrogens is 276 g/mol. The number of aryl methyl sites for hydroxylation is 2. The van der Waals surface area contributed by atoms with Crippen molar-refractivity contribution in [2.75, 3.05) is 19.6 Å². The molecule has 2 rings (SSSR count). The molecule has 1 unspecified atom stereocenters. The van der Waals surface area contributed by atoms with Crippen LogP contribution in [0.25, 0.3) is 0 Å². The van der Waals surface area contributed by atoms with Crippen molar-refractivity contribution < 1.29 is 4.79 Å². The number of nitrogens with one attached hydrogen (secondary N) is 1. The molecule has 1 atom stereocenters. The Labute approximate surface area is 127 Å². The summed E-state index contributed by atoms with van der Waals surface area (Å²) in [6.07, 6.45) is 2.03. The van der Waals surface area contributed by atoms with Gasteiger partial charge in [0.15, 0.2) is 0 Å². The monoisotopic (exact) mass is 300 g/mol. The minimum Gasteiger partial charge on any atom is -0.334 e. The first kappa shape index (κ1) is 17.0. The third-order valence-corrected chi connectivity index (χ3v) is 3.92. The lowest BCUT2D eigenvalue weighted by Crippen LogP contribution is -2.42. The molecule has 1 amide bonds. The Kier molecular flexibility index (Phi) is 6.02. The average Bonchev–Trinajstić information content (AvgIpc) is 2.96. The van der Waals surface area contributed by atoms with Gasteiger partial charge in [-0.2, -0.15) is 5.10 Å². The van der Waals surface area contributed by atoms with E-state index in [2.05, 4.69) is 17.3 Å². The van der Waals surface area contributed by atoms with Crippen LogP contribution < -0.4 is 5.32 Å². The normalized spacial score (nSPS) is 17.9. The van der Waals surface area contributed by atoms with Crippen molar-refractivity contribution in [1.29, 1.82) is 0 Å². The van der Waals surface area contributed by atoms with Gasteiger partial charge in [0.05, 0.1) is 11.3 Å². The van der Waals surface area contributed by atoms with E-state index in [9.17, 15) is 4.79 Å². The molecule has 0 bridgehead atoms. The zero-order chi connectivity index (χ0) is 14.0. The van der Waals surface area contributed by atoms with Crippen LogP contribution in [0.15, 0.2) is 0 Å². The Morgan fingerprint density at radius 1 is 1.50 bits per heavy atom. The Bertz CT molecular complexity index is 466. The molecule has 6 heteroatoms. The molecule has 5 nitrogen and oxygen atoms in total. The van der Waals surface area contributed by atoms with E-state index in [1.165, 1.54) is 0 Å². The first-order valence-corrected chi connectivity index (χ1v) is 7.08. The highest BCUT2D eigenvalue weighted by Crippen LogP contribution is 2.19. The molecule has 0 saturated carbocycles. The maximum atomic E-state index is 12.8. The number of amides is 1. The highest BCUT2D eigenvalue weighted by molar-refractivity contribution is 5.96. The number of halogens is 1. The van der Waals surface area contributed by atoms with Crippen molar-refractivity contribution in [2.45, 2.75) is 39.7 Å². The molecule has 1 aromatic heterocycles. The van der Waals surface area contributed by atoms with Crippen LogP contribution in [-0.2, 0) is 7.05 Å². The molecular formula is C14H25ClN4O. The minimum atomic E-state index is 0. The van der Waals surface area contributed by atoms with Gasteiger partial charge < -0.3 is 10.2 Å². The lowest BCUT2D eigenvalue weighted by Gasteiger charge is -2.28. The third-order valence-electron chi connectivity index (χ3n) is 3.92. The topological polar surface area (TPSA) is 50.2 Å². The summed E-state index contributed by atoms with van der Waals surface area (Å²) in [6, 6.07) is 0.325. The second-order valence-electron chi connectivity index (χ2n) is 5.31. The molecule has 20 heavy (non-hydrogen) atoms. The molecule has 2 heterocycles. The highest BCUT2D eigenvalue weighted by Gasteiger charge is 2.29. The third kappa shape index (κ3) is 3.15. The molecule has 1 aromatic rings. The molecule has 0 radical (unpaired) electrons. The summed E-state index contributed by atoms with van der Waals surface area (Å²) < 4.78 is 1.79. The largest absolute Gasteiger partial charge is 0.334 e. The Balaban J connectivity index is 0.00000200. The number of rotatable bonds is 4. The van der Waals surface area contributed by atoms with E-state index in [4.69, 9.17) is 0 Å². The first-order chi connectivity index (χ1) is 9.06. The van der Waals surface area contributed by atoms with Gasteiger partial charge in [0.25, 0.3) is 5.91 Å². The van der Waals surface area contributed by atoms with Gasteiger partial charge in [-0.15, -0.1) is 12.4 Å². The van der Waals surface area contributed by atoms with Crippen LogP contribution in [0.2, 0.25) is 0 Å². The fourth-order valence-electron chi connectivity index (χ4n) is 2.82. The van der Waals surface area contributed by atoms with E-state index >= 15 is 0 Å². The van der Waals surface area contributed by atoms with Crippen LogP contribution in [0.4, 0.5) is 0 Å². The van der Waals surface area contributed by atoms with E-state index in [1.54, 1.807) is 4.68 Å². The van der Waals surface area contributed by atoms with Gasteiger partial charge in [0.2, 0.25) is 0 Å². The van der Waals surface area contributed by atoms with Crippen molar-refractivity contribution in [1.82, 2.24) is 20.0 Å². The smallest absolute Gasteiger partial charge is 0.257 e. The van der Waals surface area contributed by atoms with Crippen LogP contribution in [0.3, 0.4) is 0 Å². The molecule has 1 aliphatic rings. The summed E-state index contributed by atoms with van der Waals surface area (Å²) in [5.41, 5.74) is 2.56. The van der Waals surface area contributed by atoms with Gasteiger partial charge in [-0.05, 0) is 33.2 Å². The fraction of sp³-hybridized carbons (Fsp3) is 0.714. The van der Waals surface area contributed by atoms with Crippen LogP contribution >= 0.6 is 12.4 Å². The summed E-state index contributed by atoms with van der Waals surface area (Å²) in [6.45, 7) is 8.72. The average molecular weight is 301 g/mol. The molecule has 1 saturated heterocycles. The quantitative estimate of drug-likeness (QED) is 0.920. The summed E-state index contributed by atoms with van der Waals surface area (Å²) in [5.74, 6) is 0.138. The first-order valence-electron chi connectivity index (χ1n) is 7.08. The number of carbonyl (C=O) groups is 1. The van der Waals surface area contributed by atoms with Crippen LogP contribution in [0, 0.1) is 13.8 Å². The Morgan fingerprint density at radius 3 is 2.65 bits per heavy atom. The highest BCUT2D eigenvalue weighted by atomic mass is 35.5. The minimum absolute atomic E-state index is 0. The number of aromatic nitrogens is 2. The second-order valence-corrected chi connectivity index (χ2v) is 5.31. The molecule has 114 valence electrons. The van der Waals surface area contributed by atoms with E-state index in [0.29, 0.717) is 6.04 Å². The number of carbonyl (C=O) groups excluding carboxylic acids is 1. The van der Waals surface area contributed by atoms with Crippen molar-refractivity contribution in [3.63, 3.8) is 0 Å². The maximum absolute atomic E-state index is 12.8. The molecule has 0 aliphatic carbocycles. The predicted octanol–water partition coefficient (Wildman–Crippen LogP) is 1.67. The molecule has 1 fully saturated rings. The van der Waals surface area contributed by atoms with Crippen molar-refractivity contribution in [2.24, 2.45) is 7.05 Å². The Morgan fingerprint density at radius 2 is 2.20 bits per heavy atom. The molecule has 0 aromatic carbocycles. The lowest BCUT2D eigenvalue weighted by atomic mass is 10.1. The van der Waals surface area contributed by atoms with E-state index < -0.39 is 0 Å². The van der Waals surface area contributed by atoms with Gasteiger partial charge in [0, 0.05) is 31.9 Å². The zero-order valence-corrected chi connectivity index (χ0v) is 13.6. The van der Waals surface area contributed by atoms with Crippen molar-refractivity contribution in [3.05, 3.63) is 17.0 Å². The van der Waals surface area contributed by atoms with Gasteiger partial charge >= 0.3 is 0 Å². The van der Waals surface area contributed by atoms with E-state index in [-0.39, 0.29) is 18.3 Å². The van der Waals surface area contributed by atoms with Gasteiger partial charge in [0.1, 0.15) is 0 Å². The number of hydrogen-bond acceptors (Lipinski definition) is 3. The fourth-order valence-corrected chi connectivity index (χ4v) is 2.82. The van der Waals surface area contributed by atoms with Crippen LogP contribution in [0.5, 0.6) is 0 Å². The molecule has 0 spiro atoms. The lowest BCUT2D eigenvalue weighted by molar-refractivity contribution is 0.0690. The van der Waals surface area contributed by atoms with Gasteiger partial charge in [-0.1, -0.05) is 6.92 Å². The summed E-state index contributed by atoms with van der Waals surface area (Å²) in [7, 11) is 1.89. The van der Waals surface area contributed by atoms with Crippen LogP contribution in [-0.4, -0.2) is 46.3 Å². The molecule has 1 N–H and O–H groups in total. The van der Waals surface area contributed by atoms with Gasteiger partial charge in [-0.3, -0.25) is 9.48 Å². The predicted molar refractivity (Wildman–Crippen MR) is 82.5 cm³/mol. The van der Waals surface area contributed by atoms with E-state index in [0.717, 1.165) is 49.4 Å². The van der Waals surface area contributed by atoms with Gasteiger partial charge in [-0.25, -0.2) is 0 Å². The zero-order valence-electron chi connectivity index (χ0n) is 12.8. The SMILES string of the molecule is CCCN(C(=O)c1c(C)nn(C)c1C)C1CCNC1.Cl. The number of nitrogens with zero attached hydrogens (tertiary/aromatic N) is 3.